The van der Waals surface area contributed by atoms with Crippen LogP contribution in [0.2, 0.25) is 0 Å². The molecule has 0 rings (SSSR count). The fourth-order valence-corrected chi connectivity index (χ4v) is 0.652. The number of unbranched alkanes of at least 4 members (excludes halogenated alkanes) is 1. The Hall–Kier alpha value is 0. The van der Waals surface area contributed by atoms with Gasteiger partial charge in [-0.25, -0.2) is 4.79 Å². The predicted octanol–water partition coefficient (Wildman–Crippen LogP) is 1.78. The average Bonchev–Trinajstić information content (AvgIpc) is 1.88. The Morgan fingerprint density at radius 3 is 2.70 bits per heavy atom. The summed E-state index contributed by atoms with van der Waals surface area (Å²) in [5, 5.41) is 2.76. The van der Waals surface area contributed by atoms with Crippen molar-refractivity contribution in [2.75, 3.05) is 13.6 Å². The third-order valence-corrected chi connectivity index (χ3v) is 1.52. The SMILES string of the molecule is CCCCNC(=O)N(C)I. The summed E-state index contributed by atoms with van der Waals surface area (Å²) < 4.78 is 1.51. The molecule has 0 aliphatic carbocycles. The Kier molecular flexibility index (Phi) is 5.76. The van der Waals surface area contributed by atoms with Crippen LogP contribution in [0.1, 0.15) is 19.8 Å². The fraction of sp³-hybridized carbons (Fsp3) is 0.833. The molecule has 0 spiro atoms. The van der Waals surface area contributed by atoms with E-state index in [0.717, 1.165) is 19.4 Å². The van der Waals surface area contributed by atoms with E-state index < -0.39 is 0 Å². The zero-order valence-corrected chi connectivity index (χ0v) is 8.51. The summed E-state index contributed by atoms with van der Waals surface area (Å²) in [6, 6.07) is -0.0194. The summed E-state index contributed by atoms with van der Waals surface area (Å²) in [5.41, 5.74) is 0. The standard InChI is InChI=1S/C6H13IN2O/c1-3-4-5-8-6(10)9(2)7/h3-5H2,1-2H3,(H,8,10). The highest BCUT2D eigenvalue weighted by Crippen LogP contribution is 1.92. The Labute approximate surface area is 75.7 Å². The van der Waals surface area contributed by atoms with Gasteiger partial charge < -0.3 is 5.32 Å². The summed E-state index contributed by atoms with van der Waals surface area (Å²) in [7, 11) is 1.72. The van der Waals surface area contributed by atoms with Crippen LogP contribution < -0.4 is 5.32 Å². The van der Waals surface area contributed by atoms with Crippen LogP contribution in [0.15, 0.2) is 0 Å². The van der Waals surface area contributed by atoms with Gasteiger partial charge in [-0.15, -0.1) is 0 Å². The molecule has 60 valence electrons. The van der Waals surface area contributed by atoms with Gasteiger partial charge in [0.2, 0.25) is 0 Å². The zero-order valence-electron chi connectivity index (χ0n) is 6.35. The van der Waals surface area contributed by atoms with Gasteiger partial charge in [-0.3, -0.25) is 3.11 Å². The summed E-state index contributed by atoms with van der Waals surface area (Å²) in [4.78, 5) is 10.8. The summed E-state index contributed by atoms with van der Waals surface area (Å²) in [5.74, 6) is 0. The van der Waals surface area contributed by atoms with Gasteiger partial charge in [-0.2, -0.15) is 0 Å². The molecular weight excluding hydrogens is 243 g/mol. The number of rotatable bonds is 3. The second kappa shape index (κ2) is 5.76. The minimum Gasteiger partial charge on any atom is -0.337 e. The molecule has 4 heteroatoms. The van der Waals surface area contributed by atoms with Gasteiger partial charge in [0.25, 0.3) is 0 Å². The minimum atomic E-state index is -0.0194. The molecule has 0 atom stereocenters. The lowest BCUT2D eigenvalue weighted by Crippen LogP contribution is -2.31. The molecule has 0 unspecified atom stereocenters. The molecule has 0 aliphatic rings. The molecule has 0 saturated carbocycles. The molecule has 0 aromatic carbocycles. The Morgan fingerprint density at radius 2 is 2.30 bits per heavy atom. The first-order valence-corrected chi connectivity index (χ1v) is 4.32. The van der Waals surface area contributed by atoms with Crippen LogP contribution in [0, 0.1) is 0 Å². The topological polar surface area (TPSA) is 32.3 Å². The normalized spacial score (nSPS) is 9.10. The second-order valence-corrected chi connectivity index (χ2v) is 3.51. The Bertz CT molecular complexity index is 106. The molecule has 0 radical (unpaired) electrons. The van der Waals surface area contributed by atoms with Gasteiger partial charge in [0, 0.05) is 13.6 Å². The van der Waals surface area contributed by atoms with Crippen LogP contribution in [0.4, 0.5) is 4.79 Å². The van der Waals surface area contributed by atoms with Gasteiger partial charge in [-0.1, -0.05) is 13.3 Å². The summed E-state index contributed by atoms with van der Waals surface area (Å²) in [6.45, 7) is 2.88. The average molecular weight is 256 g/mol. The fourth-order valence-electron chi connectivity index (χ4n) is 0.481. The van der Waals surface area contributed by atoms with Crippen molar-refractivity contribution < 1.29 is 4.79 Å². The van der Waals surface area contributed by atoms with Crippen molar-refractivity contribution in [1.82, 2.24) is 8.43 Å². The third kappa shape index (κ3) is 4.84. The van der Waals surface area contributed by atoms with Crippen molar-refractivity contribution in [2.24, 2.45) is 0 Å². The van der Waals surface area contributed by atoms with E-state index in [-0.39, 0.29) is 6.03 Å². The van der Waals surface area contributed by atoms with Crippen molar-refractivity contribution >= 4 is 28.9 Å². The molecule has 0 fully saturated rings. The largest absolute Gasteiger partial charge is 0.337 e. The van der Waals surface area contributed by atoms with Crippen LogP contribution in [-0.4, -0.2) is 22.7 Å². The second-order valence-electron chi connectivity index (χ2n) is 2.06. The third-order valence-electron chi connectivity index (χ3n) is 1.09. The molecular formula is C6H13IN2O. The highest BCUT2D eigenvalue weighted by molar-refractivity contribution is 14.1. The number of halogens is 1. The van der Waals surface area contributed by atoms with Crippen LogP contribution >= 0.6 is 22.9 Å². The van der Waals surface area contributed by atoms with Crippen molar-refractivity contribution in [3.05, 3.63) is 0 Å². The van der Waals surface area contributed by atoms with Crippen LogP contribution in [0.25, 0.3) is 0 Å². The van der Waals surface area contributed by atoms with E-state index in [0.29, 0.717) is 0 Å². The van der Waals surface area contributed by atoms with Crippen LogP contribution in [-0.2, 0) is 0 Å². The van der Waals surface area contributed by atoms with E-state index in [9.17, 15) is 4.79 Å². The molecule has 0 bridgehead atoms. The molecule has 0 heterocycles. The summed E-state index contributed by atoms with van der Waals surface area (Å²) >= 11 is 1.94. The first kappa shape index (κ1) is 10.0. The molecule has 3 nitrogen and oxygen atoms in total. The smallest absolute Gasteiger partial charge is 0.325 e. The lowest BCUT2D eigenvalue weighted by atomic mass is 10.3. The molecule has 0 aromatic heterocycles. The molecule has 1 N–H and O–H groups in total. The van der Waals surface area contributed by atoms with Gasteiger partial charge in [0.05, 0.1) is 22.9 Å². The van der Waals surface area contributed by atoms with E-state index in [1.54, 1.807) is 7.05 Å². The number of urea groups is 1. The van der Waals surface area contributed by atoms with Crippen LogP contribution in [0.5, 0.6) is 0 Å². The highest BCUT2D eigenvalue weighted by atomic mass is 127. The monoisotopic (exact) mass is 256 g/mol. The molecule has 0 saturated heterocycles. The predicted molar refractivity (Wildman–Crippen MR) is 50.1 cm³/mol. The van der Waals surface area contributed by atoms with E-state index >= 15 is 0 Å². The maximum absolute atomic E-state index is 10.8. The Morgan fingerprint density at radius 1 is 1.70 bits per heavy atom. The number of hydrogen-bond donors (Lipinski definition) is 1. The quantitative estimate of drug-likeness (QED) is 0.466. The van der Waals surface area contributed by atoms with E-state index in [2.05, 4.69) is 12.2 Å². The van der Waals surface area contributed by atoms with Crippen molar-refractivity contribution in [3.63, 3.8) is 0 Å². The minimum absolute atomic E-state index is 0.0194. The van der Waals surface area contributed by atoms with Gasteiger partial charge in [0.15, 0.2) is 0 Å². The molecule has 0 aliphatic heterocycles. The number of carbonyl (C=O) groups excluding carboxylic acids is 1. The summed E-state index contributed by atoms with van der Waals surface area (Å²) in [6.07, 6.45) is 2.17. The maximum atomic E-state index is 10.8. The number of nitrogens with zero attached hydrogens (tertiary/aromatic N) is 1. The van der Waals surface area contributed by atoms with Crippen LogP contribution in [0.3, 0.4) is 0 Å². The van der Waals surface area contributed by atoms with E-state index in [4.69, 9.17) is 0 Å². The number of nitrogens with one attached hydrogen (secondary N) is 1. The van der Waals surface area contributed by atoms with Crippen molar-refractivity contribution in [1.29, 1.82) is 0 Å². The lowest BCUT2D eigenvalue weighted by Gasteiger charge is -2.08. The van der Waals surface area contributed by atoms with Crippen molar-refractivity contribution in [2.45, 2.75) is 19.8 Å². The van der Waals surface area contributed by atoms with Gasteiger partial charge >= 0.3 is 6.03 Å². The van der Waals surface area contributed by atoms with Crippen molar-refractivity contribution in [3.8, 4) is 0 Å². The number of amides is 2. The molecule has 2 amide bonds. The molecule has 0 aromatic rings. The van der Waals surface area contributed by atoms with Gasteiger partial charge in [0.1, 0.15) is 0 Å². The van der Waals surface area contributed by atoms with Gasteiger partial charge in [-0.05, 0) is 6.42 Å². The van der Waals surface area contributed by atoms with E-state index in [1.165, 1.54) is 3.11 Å². The first-order chi connectivity index (χ1) is 4.68. The first-order valence-electron chi connectivity index (χ1n) is 3.35. The Balaban J connectivity index is 3.22. The maximum Gasteiger partial charge on any atom is 0.325 e. The zero-order chi connectivity index (χ0) is 7.98. The highest BCUT2D eigenvalue weighted by Gasteiger charge is 2.00. The number of hydrogen-bond acceptors (Lipinski definition) is 1. The number of carbonyl (C=O) groups is 1. The lowest BCUT2D eigenvalue weighted by molar-refractivity contribution is 0.233. The molecule has 10 heavy (non-hydrogen) atoms. The van der Waals surface area contributed by atoms with E-state index in [1.807, 2.05) is 22.9 Å².